The maximum Gasteiger partial charge on any atom is 0.223 e. The summed E-state index contributed by atoms with van der Waals surface area (Å²) in [6.45, 7) is 2.05. The zero-order chi connectivity index (χ0) is 16.0. The van der Waals surface area contributed by atoms with Gasteiger partial charge in [0.15, 0.2) is 4.96 Å². The molecule has 0 fully saturated rings. The van der Waals surface area contributed by atoms with Gasteiger partial charge in [-0.25, -0.2) is 4.98 Å². The van der Waals surface area contributed by atoms with Gasteiger partial charge in [-0.05, 0) is 19.1 Å². The number of para-hydroxylation sites is 1. The van der Waals surface area contributed by atoms with Gasteiger partial charge in [-0.3, -0.25) is 9.20 Å². The van der Waals surface area contributed by atoms with Crippen LogP contribution >= 0.6 is 11.3 Å². The Morgan fingerprint density at radius 3 is 2.65 bits per heavy atom. The summed E-state index contributed by atoms with van der Waals surface area (Å²) >= 11 is 1.62. The molecule has 4 nitrogen and oxygen atoms in total. The van der Waals surface area contributed by atoms with Gasteiger partial charge in [0, 0.05) is 5.56 Å². The molecule has 23 heavy (non-hydrogen) atoms. The average Bonchev–Trinajstić information content (AvgIpc) is 3.05. The summed E-state index contributed by atoms with van der Waals surface area (Å²) < 4.78 is 3.20. The molecular weight excluding hydrogens is 306 g/mol. The molecule has 0 spiro atoms. The Balaban J connectivity index is 2.03. The van der Waals surface area contributed by atoms with Crippen LogP contribution < -0.4 is 5.73 Å². The van der Waals surface area contributed by atoms with Gasteiger partial charge in [0.05, 0.1) is 28.0 Å². The minimum atomic E-state index is -0.351. The molecule has 0 atom stereocenters. The first-order valence-electron chi connectivity index (χ1n) is 7.37. The number of fused-ring (bicyclic) bond motifs is 3. The number of nitrogens with two attached hydrogens (primary N) is 1. The number of imidazole rings is 1. The fraction of sp³-hybridized carbons (Fsp3) is 0.111. The zero-order valence-corrected chi connectivity index (χ0v) is 13.4. The van der Waals surface area contributed by atoms with E-state index in [1.54, 1.807) is 11.3 Å². The Labute approximate surface area is 137 Å². The van der Waals surface area contributed by atoms with Crippen LogP contribution in [0.25, 0.3) is 26.4 Å². The second-order valence-corrected chi connectivity index (χ2v) is 6.61. The van der Waals surface area contributed by atoms with E-state index in [-0.39, 0.29) is 12.3 Å². The average molecular weight is 321 g/mol. The Morgan fingerprint density at radius 1 is 1.17 bits per heavy atom. The highest BCUT2D eigenvalue weighted by molar-refractivity contribution is 7.23. The lowest BCUT2D eigenvalue weighted by atomic mass is 10.1. The fourth-order valence-electron chi connectivity index (χ4n) is 2.85. The number of aromatic nitrogens is 2. The first-order valence-corrected chi connectivity index (χ1v) is 8.19. The monoisotopic (exact) mass is 321 g/mol. The van der Waals surface area contributed by atoms with E-state index in [1.807, 2.05) is 37.3 Å². The van der Waals surface area contributed by atoms with Crippen LogP contribution in [-0.2, 0) is 11.2 Å². The lowest BCUT2D eigenvalue weighted by Gasteiger charge is -2.04. The lowest BCUT2D eigenvalue weighted by molar-refractivity contribution is -0.117. The van der Waals surface area contributed by atoms with Gasteiger partial charge in [-0.1, -0.05) is 53.3 Å². The van der Waals surface area contributed by atoms with Gasteiger partial charge >= 0.3 is 0 Å². The maximum absolute atomic E-state index is 11.6. The van der Waals surface area contributed by atoms with Gasteiger partial charge < -0.3 is 5.73 Å². The van der Waals surface area contributed by atoms with Crippen LogP contribution in [0.15, 0.2) is 48.5 Å². The van der Waals surface area contributed by atoms with Crippen LogP contribution in [0.3, 0.4) is 0 Å². The Hall–Kier alpha value is -2.66. The molecule has 2 aromatic heterocycles. The van der Waals surface area contributed by atoms with Crippen LogP contribution in [0.2, 0.25) is 0 Å². The topological polar surface area (TPSA) is 60.4 Å². The van der Waals surface area contributed by atoms with Crippen LogP contribution in [0.1, 0.15) is 11.3 Å². The normalized spacial score (nSPS) is 11.3. The molecule has 0 bridgehead atoms. The smallest absolute Gasteiger partial charge is 0.223 e. The molecule has 0 aliphatic rings. The number of carbonyl (C=O) groups excluding carboxylic acids is 1. The summed E-state index contributed by atoms with van der Waals surface area (Å²) in [4.78, 5) is 17.3. The van der Waals surface area contributed by atoms with Crippen molar-refractivity contribution in [2.24, 2.45) is 5.73 Å². The van der Waals surface area contributed by atoms with Gasteiger partial charge in [-0.2, -0.15) is 0 Å². The third kappa shape index (κ3) is 2.29. The molecule has 0 saturated carbocycles. The second kappa shape index (κ2) is 5.21. The van der Waals surface area contributed by atoms with Crippen molar-refractivity contribution in [3.63, 3.8) is 0 Å². The molecule has 2 N–H and O–H groups in total. The summed E-state index contributed by atoms with van der Waals surface area (Å²) in [7, 11) is 0. The molecule has 0 aliphatic heterocycles. The van der Waals surface area contributed by atoms with E-state index < -0.39 is 0 Å². The number of aryl methyl sites for hydroxylation is 1. The molecule has 1 amide bonds. The summed E-state index contributed by atoms with van der Waals surface area (Å²) in [5.74, 6) is -0.351. The van der Waals surface area contributed by atoms with Gasteiger partial charge in [0.2, 0.25) is 5.91 Å². The molecular formula is C18H15N3OS. The molecule has 0 aliphatic carbocycles. The minimum Gasteiger partial charge on any atom is -0.369 e. The van der Waals surface area contributed by atoms with E-state index in [9.17, 15) is 4.79 Å². The molecule has 114 valence electrons. The number of nitrogens with zero attached hydrogens (tertiary/aromatic N) is 2. The zero-order valence-electron chi connectivity index (χ0n) is 12.6. The van der Waals surface area contributed by atoms with Crippen molar-refractivity contribution in [1.29, 1.82) is 0 Å². The number of carbonyl (C=O) groups is 1. The van der Waals surface area contributed by atoms with E-state index >= 15 is 0 Å². The van der Waals surface area contributed by atoms with Crippen LogP contribution in [0, 0.1) is 6.92 Å². The van der Waals surface area contributed by atoms with Crippen molar-refractivity contribution < 1.29 is 4.79 Å². The predicted molar refractivity (Wildman–Crippen MR) is 93.6 cm³/mol. The highest BCUT2D eigenvalue weighted by Gasteiger charge is 2.19. The highest BCUT2D eigenvalue weighted by atomic mass is 32.1. The molecule has 0 unspecified atom stereocenters. The second-order valence-electron chi connectivity index (χ2n) is 5.60. The van der Waals surface area contributed by atoms with Crippen LogP contribution in [0.5, 0.6) is 0 Å². The molecule has 2 heterocycles. The molecule has 4 aromatic rings. The molecule has 0 saturated heterocycles. The van der Waals surface area contributed by atoms with Crippen molar-refractivity contribution >= 4 is 32.4 Å². The van der Waals surface area contributed by atoms with E-state index in [2.05, 4.69) is 22.6 Å². The lowest BCUT2D eigenvalue weighted by Crippen LogP contribution is -2.15. The highest BCUT2D eigenvalue weighted by Crippen LogP contribution is 2.33. The first kappa shape index (κ1) is 14.0. The summed E-state index contributed by atoms with van der Waals surface area (Å²) in [6.07, 6.45) is 0.172. The number of benzene rings is 2. The standard InChI is InChI=1S/C18H15N3OS/c1-11-6-8-12(9-7-11)17-14(10-16(19)22)21-13-4-2-3-5-15(13)23-18(21)20-17/h2-9H,10H2,1H3,(H2,19,22). The van der Waals surface area contributed by atoms with Gasteiger partial charge in [-0.15, -0.1) is 0 Å². The number of amides is 1. The third-order valence-corrected chi connectivity index (χ3v) is 4.94. The van der Waals surface area contributed by atoms with Crippen molar-refractivity contribution in [1.82, 2.24) is 9.38 Å². The summed E-state index contributed by atoms with van der Waals surface area (Å²) in [6, 6.07) is 16.3. The number of primary amides is 1. The van der Waals surface area contributed by atoms with Crippen molar-refractivity contribution in [2.75, 3.05) is 0 Å². The van der Waals surface area contributed by atoms with E-state index in [4.69, 9.17) is 10.7 Å². The van der Waals surface area contributed by atoms with Crippen LogP contribution in [-0.4, -0.2) is 15.3 Å². The molecule has 5 heteroatoms. The Morgan fingerprint density at radius 2 is 1.91 bits per heavy atom. The molecule has 0 radical (unpaired) electrons. The van der Waals surface area contributed by atoms with Crippen molar-refractivity contribution in [3.05, 3.63) is 59.8 Å². The van der Waals surface area contributed by atoms with Crippen LogP contribution in [0.4, 0.5) is 0 Å². The van der Waals surface area contributed by atoms with E-state index in [0.717, 1.165) is 32.1 Å². The SMILES string of the molecule is Cc1ccc(-c2nc3sc4ccccc4n3c2CC(N)=O)cc1. The Bertz CT molecular complexity index is 1030. The number of hydrogen-bond donors (Lipinski definition) is 1. The van der Waals surface area contributed by atoms with E-state index in [0.29, 0.717) is 0 Å². The summed E-state index contributed by atoms with van der Waals surface area (Å²) in [5, 5.41) is 0. The predicted octanol–water partition coefficient (Wildman–Crippen LogP) is 3.55. The fourth-order valence-corrected chi connectivity index (χ4v) is 3.89. The first-order chi connectivity index (χ1) is 11.1. The Kier molecular flexibility index (Phi) is 3.16. The molecule has 2 aromatic carbocycles. The maximum atomic E-state index is 11.6. The quantitative estimate of drug-likeness (QED) is 0.627. The third-order valence-electron chi connectivity index (χ3n) is 3.92. The van der Waals surface area contributed by atoms with Gasteiger partial charge in [0.1, 0.15) is 0 Å². The number of hydrogen-bond acceptors (Lipinski definition) is 3. The largest absolute Gasteiger partial charge is 0.369 e. The van der Waals surface area contributed by atoms with Crippen molar-refractivity contribution in [2.45, 2.75) is 13.3 Å². The van der Waals surface area contributed by atoms with Gasteiger partial charge in [0.25, 0.3) is 0 Å². The number of thiazole rings is 1. The van der Waals surface area contributed by atoms with Crippen molar-refractivity contribution in [3.8, 4) is 11.3 Å². The molecule has 4 rings (SSSR count). The van der Waals surface area contributed by atoms with E-state index in [1.165, 1.54) is 5.56 Å². The minimum absolute atomic E-state index is 0.172. The number of rotatable bonds is 3. The summed E-state index contributed by atoms with van der Waals surface area (Å²) in [5.41, 5.74) is 10.4.